The molecule has 17 heavy (non-hydrogen) atoms. The summed E-state index contributed by atoms with van der Waals surface area (Å²) in [4.78, 5) is 0. The summed E-state index contributed by atoms with van der Waals surface area (Å²) in [5.41, 5.74) is 5.04. The van der Waals surface area contributed by atoms with Crippen molar-refractivity contribution in [1.29, 1.82) is 0 Å². The molecule has 0 fully saturated rings. The molecule has 0 saturated carbocycles. The SMILES string of the molecule is C=C(CN)OC(=C)C(C)(C)c1ccc(CC)o1. The van der Waals surface area contributed by atoms with Crippen molar-refractivity contribution in [2.24, 2.45) is 5.73 Å². The van der Waals surface area contributed by atoms with E-state index in [1.54, 1.807) is 0 Å². The van der Waals surface area contributed by atoms with E-state index >= 15 is 0 Å². The molecule has 0 unspecified atom stereocenters. The monoisotopic (exact) mass is 235 g/mol. The fourth-order valence-electron chi connectivity index (χ4n) is 1.38. The second kappa shape index (κ2) is 5.23. The van der Waals surface area contributed by atoms with Gasteiger partial charge in [-0.3, -0.25) is 0 Å². The Morgan fingerprint density at radius 1 is 1.41 bits per heavy atom. The third-order valence-corrected chi connectivity index (χ3v) is 2.82. The van der Waals surface area contributed by atoms with E-state index in [4.69, 9.17) is 14.9 Å². The van der Waals surface area contributed by atoms with Crippen LogP contribution in [0.25, 0.3) is 0 Å². The van der Waals surface area contributed by atoms with E-state index in [0.717, 1.165) is 17.9 Å². The summed E-state index contributed by atoms with van der Waals surface area (Å²) >= 11 is 0. The summed E-state index contributed by atoms with van der Waals surface area (Å²) in [6, 6.07) is 3.93. The highest BCUT2D eigenvalue weighted by molar-refractivity contribution is 5.25. The maximum Gasteiger partial charge on any atom is 0.117 e. The molecule has 3 heteroatoms. The van der Waals surface area contributed by atoms with Crippen molar-refractivity contribution in [2.45, 2.75) is 32.6 Å². The van der Waals surface area contributed by atoms with Gasteiger partial charge >= 0.3 is 0 Å². The first kappa shape index (κ1) is 13.6. The lowest BCUT2D eigenvalue weighted by atomic mass is 9.88. The minimum Gasteiger partial charge on any atom is -0.465 e. The molecular formula is C14H21NO2. The maximum atomic E-state index is 5.73. The summed E-state index contributed by atoms with van der Waals surface area (Å²) in [5, 5.41) is 0. The van der Waals surface area contributed by atoms with Crippen molar-refractivity contribution in [3.63, 3.8) is 0 Å². The number of nitrogens with two attached hydrogens (primary N) is 1. The quantitative estimate of drug-likeness (QED) is 0.771. The zero-order valence-corrected chi connectivity index (χ0v) is 10.9. The number of hydrogen-bond donors (Lipinski definition) is 1. The third-order valence-electron chi connectivity index (χ3n) is 2.82. The van der Waals surface area contributed by atoms with Crippen molar-refractivity contribution in [3.05, 3.63) is 48.3 Å². The van der Waals surface area contributed by atoms with Gasteiger partial charge in [-0.05, 0) is 26.0 Å². The summed E-state index contributed by atoms with van der Waals surface area (Å²) in [7, 11) is 0. The number of aryl methyl sites for hydroxylation is 1. The van der Waals surface area contributed by atoms with Crippen LogP contribution in [-0.4, -0.2) is 6.54 Å². The van der Waals surface area contributed by atoms with Crippen molar-refractivity contribution >= 4 is 0 Å². The molecule has 0 aliphatic carbocycles. The van der Waals surface area contributed by atoms with E-state index in [0.29, 0.717) is 11.5 Å². The molecule has 0 radical (unpaired) electrons. The van der Waals surface area contributed by atoms with Gasteiger partial charge in [0.2, 0.25) is 0 Å². The molecule has 1 aromatic heterocycles. The van der Waals surface area contributed by atoms with E-state index in [1.807, 2.05) is 26.0 Å². The minimum atomic E-state index is -0.397. The Morgan fingerprint density at radius 2 is 2.06 bits per heavy atom. The minimum absolute atomic E-state index is 0.285. The fourth-order valence-corrected chi connectivity index (χ4v) is 1.38. The molecule has 1 aromatic rings. The molecule has 1 rings (SSSR count). The molecule has 0 spiro atoms. The smallest absolute Gasteiger partial charge is 0.117 e. The van der Waals surface area contributed by atoms with E-state index in [2.05, 4.69) is 20.1 Å². The average Bonchev–Trinajstić information content (AvgIpc) is 2.77. The van der Waals surface area contributed by atoms with Crippen LogP contribution in [0.5, 0.6) is 0 Å². The predicted molar refractivity (Wildman–Crippen MR) is 69.5 cm³/mol. The lowest BCUT2D eigenvalue weighted by molar-refractivity contribution is 0.229. The van der Waals surface area contributed by atoms with Gasteiger partial charge in [0, 0.05) is 6.42 Å². The second-order valence-corrected chi connectivity index (χ2v) is 4.51. The Labute approximate surface area is 103 Å². The van der Waals surface area contributed by atoms with Gasteiger partial charge in [-0.25, -0.2) is 0 Å². The Balaban J connectivity index is 2.86. The number of rotatable bonds is 6. The van der Waals surface area contributed by atoms with Crippen LogP contribution >= 0.6 is 0 Å². The maximum absolute atomic E-state index is 5.73. The van der Waals surface area contributed by atoms with Gasteiger partial charge < -0.3 is 14.9 Å². The van der Waals surface area contributed by atoms with Gasteiger partial charge in [0.25, 0.3) is 0 Å². The number of allylic oxidation sites excluding steroid dienone is 1. The molecule has 0 aromatic carbocycles. The first-order valence-electron chi connectivity index (χ1n) is 5.76. The lowest BCUT2D eigenvalue weighted by Gasteiger charge is -2.25. The van der Waals surface area contributed by atoms with Gasteiger partial charge in [-0.1, -0.05) is 20.1 Å². The van der Waals surface area contributed by atoms with Crippen LogP contribution in [0.3, 0.4) is 0 Å². The lowest BCUT2D eigenvalue weighted by Crippen LogP contribution is -2.22. The average molecular weight is 235 g/mol. The normalized spacial score (nSPS) is 11.3. The largest absolute Gasteiger partial charge is 0.465 e. The molecule has 0 aliphatic rings. The summed E-state index contributed by atoms with van der Waals surface area (Å²) in [5.74, 6) is 2.89. The van der Waals surface area contributed by atoms with Gasteiger partial charge in [-0.15, -0.1) is 0 Å². The van der Waals surface area contributed by atoms with Crippen molar-refractivity contribution in [1.82, 2.24) is 0 Å². The van der Waals surface area contributed by atoms with Gasteiger partial charge in [0.1, 0.15) is 23.0 Å². The van der Waals surface area contributed by atoms with E-state index in [1.165, 1.54) is 0 Å². The van der Waals surface area contributed by atoms with Gasteiger partial charge in [0.15, 0.2) is 0 Å². The van der Waals surface area contributed by atoms with Crippen molar-refractivity contribution in [2.75, 3.05) is 6.54 Å². The highest BCUT2D eigenvalue weighted by atomic mass is 16.5. The molecule has 94 valence electrons. The van der Waals surface area contributed by atoms with Crippen LogP contribution < -0.4 is 5.73 Å². The highest BCUT2D eigenvalue weighted by Gasteiger charge is 2.30. The zero-order chi connectivity index (χ0) is 13.1. The van der Waals surface area contributed by atoms with E-state index < -0.39 is 5.41 Å². The molecular weight excluding hydrogens is 214 g/mol. The molecule has 0 saturated heterocycles. The van der Waals surface area contributed by atoms with Crippen LogP contribution in [0.4, 0.5) is 0 Å². The van der Waals surface area contributed by atoms with Crippen LogP contribution in [0.2, 0.25) is 0 Å². The van der Waals surface area contributed by atoms with E-state index in [-0.39, 0.29) is 6.54 Å². The first-order chi connectivity index (χ1) is 7.91. The highest BCUT2D eigenvalue weighted by Crippen LogP contribution is 2.33. The molecule has 0 amide bonds. The summed E-state index contributed by atoms with van der Waals surface area (Å²) in [6.07, 6.45) is 0.874. The second-order valence-electron chi connectivity index (χ2n) is 4.51. The predicted octanol–water partition coefficient (Wildman–Crippen LogP) is 3.12. The first-order valence-corrected chi connectivity index (χ1v) is 5.76. The molecule has 0 aliphatic heterocycles. The van der Waals surface area contributed by atoms with Crippen LogP contribution in [0.1, 0.15) is 32.3 Å². The Morgan fingerprint density at radius 3 is 2.53 bits per heavy atom. The standard InChI is InChI=1S/C14H21NO2/c1-6-12-7-8-13(17-12)14(4,5)11(3)16-10(2)9-15/h7-8H,2-3,6,9,15H2,1,4-5H3. The van der Waals surface area contributed by atoms with Gasteiger partial charge in [0.05, 0.1) is 12.0 Å². The van der Waals surface area contributed by atoms with Crippen LogP contribution in [-0.2, 0) is 16.6 Å². The van der Waals surface area contributed by atoms with Crippen molar-refractivity contribution in [3.8, 4) is 0 Å². The number of furan rings is 1. The molecule has 3 nitrogen and oxygen atoms in total. The Kier molecular flexibility index (Phi) is 4.18. The van der Waals surface area contributed by atoms with Crippen LogP contribution in [0, 0.1) is 0 Å². The van der Waals surface area contributed by atoms with E-state index in [9.17, 15) is 0 Å². The zero-order valence-electron chi connectivity index (χ0n) is 10.9. The molecule has 2 N–H and O–H groups in total. The Bertz CT molecular complexity index is 416. The van der Waals surface area contributed by atoms with Crippen molar-refractivity contribution < 1.29 is 9.15 Å². The molecule has 0 atom stereocenters. The molecule has 0 bridgehead atoms. The summed E-state index contributed by atoms with van der Waals surface area (Å²) < 4.78 is 11.2. The van der Waals surface area contributed by atoms with Gasteiger partial charge in [-0.2, -0.15) is 0 Å². The third kappa shape index (κ3) is 3.01. The topological polar surface area (TPSA) is 48.4 Å². The summed E-state index contributed by atoms with van der Waals surface area (Å²) in [6.45, 7) is 14.0. The number of ether oxygens (including phenoxy) is 1. The number of hydrogen-bond acceptors (Lipinski definition) is 3. The Hall–Kier alpha value is -1.48. The fraction of sp³-hybridized carbons (Fsp3) is 0.429. The molecule has 1 heterocycles. The van der Waals surface area contributed by atoms with Crippen LogP contribution in [0.15, 0.2) is 41.2 Å².